The number of pyridine rings is 1. The zero-order valence-corrected chi connectivity index (χ0v) is 8.89. The Kier molecular flexibility index (Phi) is 3.40. The van der Waals surface area contributed by atoms with Gasteiger partial charge in [0.2, 0.25) is 0 Å². The molecule has 4 nitrogen and oxygen atoms in total. The van der Waals surface area contributed by atoms with Crippen molar-refractivity contribution in [1.82, 2.24) is 4.98 Å². The number of nitrogens with two attached hydrogens (primary N) is 2. The molecule has 0 bridgehead atoms. The topological polar surface area (TPSA) is 74.2 Å². The molecular weight excluding hydrogens is 279 g/mol. The summed E-state index contributed by atoms with van der Waals surface area (Å²) in [7, 11) is 0. The zero-order chi connectivity index (χ0) is 11.6. The molecule has 0 amide bonds. The van der Waals surface area contributed by atoms with Gasteiger partial charge in [-0.2, -0.15) is 0 Å². The molecule has 0 aliphatic rings. The van der Waals surface area contributed by atoms with Crippen molar-refractivity contribution in [3.63, 3.8) is 0 Å². The molecule has 0 aliphatic heterocycles. The van der Waals surface area contributed by atoms with Crippen molar-refractivity contribution >= 4 is 21.7 Å². The Hall–Kier alpha value is -1.02. The van der Waals surface area contributed by atoms with Crippen LogP contribution in [-0.2, 0) is 6.54 Å². The summed E-state index contributed by atoms with van der Waals surface area (Å²) in [6.45, 7) is -0.0418. The minimum atomic E-state index is -4.78. The Morgan fingerprint density at radius 3 is 2.53 bits per heavy atom. The summed E-state index contributed by atoms with van der Waals surface area (Å²) in [5, 5.41) is 0. The highest BCUT2D eigenvalue weighted by molar-refractivity contribution is 9.10. The fraction of sp³-hybridized carbons (Fsp3) is 0.286. The molecule has 0 aromatic carbocycles. The fourth-order valence-electron chi connectivity index (χ4n) is 0.911. The number of nitrogens with zero attached hydrogens (tertiary/aromatic N) is 1. The lowest BCUT2D eigenvalue weighted by Gasteiger charge is -2.12. The van der Waals surface area contributed by atoms with Crippen molar-refractivity contribution in [2.75, 3.05) is 5.73 Å². The molecule has 1 aromatic rings. The van der Waals surface area contributed by atoms with Crippen LogP contribution in [0.5, 0.6) is 5.75 Å². The first kappa shape index (κ1) is 12.1. The number of halogens is 4. The normalized spacial score (nSPS) is 11.5. The summed E-state index contributed by atoms with van der Waals surface area (Å²) in [6, 6.07) is 0.969. The molecule has 0 radical (unpaired) electrons. The Morgan fingerprint density at radius 1 is 1.47 bits per heavy atom. The van der Waals surface area contributed by atoms with Crippen LogP contribution in [0.25, 0.3) is 0 Å². The number of aromatic nitrogens is 1. The van der Waals surface area contributed by atoms with Crippen molar-refractivity contribution in [3.05, 3.63) is 16.2 Å². The Bertz CT molecular complexity index is 369. The maximum Gasteiger partial charge on any atom is 0.573 e. The monoisotopic (exact) mass is 285 g/mol. The number of ether oxygens (including phenoxy) is 1. The van der Waals surface area contributed by atoms with E-state index in [-0.39, 0.29) is 22.5 Å². The minimum absolute atomic E-state index is 0.0418. The Balaban J connectivity index is 3.12. The van der Waals surface area contributed by atoms with Crippen LogP contribution in [0.15, 0.2) is 10.5 Å². The van der Waals surface area contributed by atoms with E-state index in [1.165, 1.54) is 0 Å². The van der Waals surface area contributed by atoms with Crippen molar-refractivity contribution < 1.29 is 17.9 Å². The summed E-state index contributed by atoms with van der Waals surface area (Å²) in [5.41, 5.74) is 10.8. The summed E-state index contributed by atoms with van der Waals surface area (Å²) < 4.78 is 39.6. The predicted octanol–water partition coefficient (Wildman–Crippen LogP) is 1.78. The van der Waals surface area contributed by atoms with Crippen molar-refractivity contribution in [2.45, 2.75) is 12.9 Å². The zero-order valence-electron chi connectivity index (χ0n) is 7.31. The average molecular weight is 286 g/mol. The van der Waals surface area contributed by atoms with E-state index >= 15 is 0 Å². The van der Waals surface area contributed by atoms with Gasteiger partial charge in [-0.15, -0.1) is 13.2 Å². The molecule has 0 atom stereocenters. The van der Waals surface area contributed by atoms with E-state index < -0.39 is 12.1 Å². The fourth-order valence-corrected chi connectivity index (χ4v) is 1.36. The Morgan fingerprint density at radius 2 is 2.07 bits per heavy atom. The second-order valence-electron chi connectivity index (χ2n) is 2.56. The lowest BCUT2D eigenvalue weighted by molar-refractivity contribution is -0.274. The number of rotatable bonds is 2. The minimum Gasteiger partial charge on any atom is -0.404 e. The number of anilines is 1. The lowest BCUT2D eigenvalue weighted by atomic mass is 10.3. The number of hydrogen-bond acceptors (Lipinski definition) is 4. The SMILES string of the molecule is NCc1nc(N)cc(OC(F)(F)F)c1Br. The third-order valence-corrected chi connectivity index (χ3v) is 2.28. The highest BCUT2D eigenvalue weighted by atomic mass is 79.9. The van der Waals surface area contributed by atoms with Gasteiger partial charge < -0.3 is 16.2 Å². The van der Waals surface area contributed by atoms with E-state index in [2.05, 4.69) is 25.7 Å². The van der Waals surface area contributed by atoms with Gasteiger partial charge in [0.25, 0.3) is 0 Å². The first-order chi connectivity index (χ1) is 6.83. The summed E-state index contributed by atoms with van der Waals surface area (Å²) in [4.78, 5) is 3.74. The van der Waals surface area contributed by atoms with E-state index in [0.29, 0.717) is 0 Å². The summed E-state index contributed by atoms with van der Waals surface area (Å²) in [5.74, 6) is -0.534. The maximum atomic E-state index is 12.0. The Labute approximate surface area is 91.5 Å². The van der Waals surface area contributed by atoms with E-state index in [0.717, 1.165) is 6.07 Å². The van der Waals surface area contributed by atoms with E-state index in [1.54, 1.807) is 0 Å². The molecule has 0 fully saturated rings. The number of alkyl halides is 3. The molecule has 0 unspecified atom stereocenters. The van der Waals surface area contributed by atoms with E-state index in [4.69, 9.17) is 11.5 Å². The van der Waals surface area contributed by atoms with Gasteiger partial charge in [0.15, 0.2) is 0 Å². The standard InChI is InChI=1S/C7H7BrF3N3O/c8-6-3(2-12)14-5(13)1-4(6)15-7(9,10)11/h1H,2,12H2,(H2,13,14). The van der Waals surface area contributed by atoms with Crippen molar-refractivity contribution in [1.29, 1.82) is 0 Å². The molecule has 0 spiro atoms. The molecule has 4 N–H and O–H groups in total. The largest absolute Gasteiger partial charge is 0.573 e. The maximum absolute atomic E-state index is 12.0. The lowest BCUT2D eigenvalue weighted by Crippen LogP contribution is -2.18. The van der Waals surface area contributed by atoms with E-state index in [1.807, 2.05) is 0 Å². The van der Waals surface area contributed by atoms with Crippen LogP contribution < -0.4 is 16.2 Å². The second kappa shape index (κ2) is 4.23. The van der Waals surface area contributed by atoms with Crippen LogP contribution in [0.4, 0.5) is 19.0 Å². The molecule has 0 saturated heterocycles. The molecule has 1 aromatic heterocycles. The molecule has 8 heteroatoms. The highest BCUT2D eigenvalue weighted by Crippen LogP contribution is 2.33. The van der Waals surface area contributed by atoms with Gasteiger partial charge in [-0.05, 0) is 15.9 Å². The number of nitrogen functional groups attached to an aromatic ring is 1. The van der Waals surface area contributed by atoms with Gasteiger partial charge in [-0.3, -0.25) is 0 Å². The highest BCUT2D eigenvalue weighted by Gasteiger charge is 2.32. The molecule has 0 saturated carbocycles. The smallest absolute Gasteiger partial charge is 0.404 e. The van der Waals surface area contributed by atoms with Crippen LogP contribution in [0, 0.1) is 0 Å². The third kappa shape index (κ3) is 3.24. The predicted molar refractivity (Wildman–Crippen MR) is 50.9 cm³/mol. The van der Waals surface area contributed by atoms with Crippen molar-refractivity contribution in [2.24, 2.45) is 5.73 Å². The van der Waals surface area contributed by atoms with Gasteiger partial charge in [0.05, 0.1) is 10.2 Å². The van der Waals surface area contributed by atoms with Crippen LogP contribution in [0.1, 0.15) is 5.69 Å². The van der Waals surface area contributed by atoms with Gasteiger partial charge >= 0.3 is 6.36 Å². The molecule has 1 rings (SSSR count). The van der Waals surface area contributed by atoms with Gasteiger partial charge in [0.1, 0.15) is 11.6 Å². The molecule has 84 valence electrons. The quantitative estimate of drug-likeness (QED) is 0.869. The third-order valence-electron chi connectivity index (χ3n) is 1.43. The molecular formula is C7H7BrF3N3O. The van der Waals surface area contributed by atoms with Crippen LogP contribution >= 0.6 is 15.9 Å². The van der Waals surface area contributed by atoms with E-state index in [9.17, 15) is 13.2 Å². The molecule has 0 aliphatic carbocycles. The first-order valence-corrected chi connectivity index (χ1v) is 4.53. The van der Waals surface area contributed by atoms with Crippen LogP contribution in [0.2, 0.25) is 0 Å². The van der Waals surface area contributed by atoms with Gasteiger partial charge in [-0.1, -0.05) is 0 Å². The average Bonchev–Trinajstić information content (AvgIpc) is 2.08. The van der Waals surface area contributed by atoms with Gasteiger partial charge in [0, 0.05) is 12.6 Å². The summed E-state index contributed by atoms with van der Waals surface area (Å²) in [6.07, 6.45) is -4.78. The molecule has 1 heterocycles. The first-order valence-electron chi connectivity index (χ1n) is 3.74. The van der Waals surface area contributed by atoms with Crippen molar-refractivity contribution in [3.8, 4) is 5.75 Å². The van der Waals surface area contributed by atoms with Gasteiger partial charge in [-0.25, -0.2) is 4.98 Å². The van der Waals surface area contributed by atoms with Crippen LogP contribution in [0.3, 0.4) is 0 Å². The summed E-state index contributed by atoms with van der Waals surface area (Å²) >= 11 is 2.91. The second-order valence-corrected chi connectivity index (χ2v) is 3.35. The number of hydrogen-bond donors (Lipinski definition) is 2. The van der Waals surface area contributed by atoms with Crippen LogP contribution in [-0.4, -0.2) is 11.3 Å². The molecule has 15 heavy (non-hydrogen) atoms.